The van der Waals surface area contributed by atoms with Crippen LogP contribution in [0.15, 0.2) is 29.5 Å². The molecule has 1 aromatic heterocycles. The Balaban J connectivity index is 0.00000110. The van der Waals surface area contributed by atoms with Gasteiger partial charge in [0.2, 0.25) is 0 Å². The molecule has 26 heavy (non-hydrogen) atoms. The predicted molar refractivity (Wildman–Crippen MR) is 102 cm³/mol. The average Bonchev–Trinajstić information content (AvgIpc) is 2.66. The second-order valence-corrected chi connectivity index (χ2v) is 5.90. The Labute approximate surface area is 157 Å². The SMILES string of the molecule is CCCCCCOC(=O)c1ccc[n+](CCCCCC)c1.N#CN=C=[N-]. The minimum atomic E-state index is -0.200. The fourth-order valence-corrected chi connectivity index (χ4v) is 2.30. The van der Waals surface area contributed by atoms with Gasteiger partial charge in [-0.1, -0.05) is 46.0 Å². The Morgan fingerprint density at radius 3 is 2.46 bits per heavy atom. The lowest BCUT2D eigenvalue weighted by molar-refractivity contribution is -0.697. The van der Waals surface area contributed by atoms with E-state index >= 15 is 0 Å². The van der Waals surface area contributed by atoms with Gasteiger partial charge in [-0.2, -0.15) is 5.26 Å². The summed E-state index contributed by atoms with van der Waals surface area (Å²) in [7, 11) is 0. The standard InChI is InChI=1S/C18H30NO2.C2N3/c1-3-5-7-9-13-19-14-11-12-17(16-19)18(20)21-15-10-8-6-4-2;3-1-5-2-4/h11-12,14,16H,3-10,13,15H2,1-2H3;/q+1;-1. The van der Waals surface area contributed by atoms with Crippen LogP contribution in [-0.4, -0.2) is 18.6 Å². The van der Waals surface area contributed by atoms with Crippen LogP contribution in [0.4, 0.5) is 0 Å². The molecule has 6 nitrogen and oxygen atoms in total. The first kappa shape index (κ1) is 23.5. The largest absolute Gasteiger partial charge is 0.462 e. The zero-order valence-electron chi connectivity index (χ0n) is 16.0. The highest BCUT2D eigenvalue weighted by Crippen LogP contribution is 2.03. The van der Waals surface area contributed by atoms with E-state index in [0.29, 0.717) is 12.2 Å². The summed E-state index contributed by atoms with van der Waals surface area (Å²) < 4.78 is 7.41. The Hall–Kier alpha value is -2.51. The monoisotopic (exact) mass is 358 g/mol. The molecule has 0 saturated heterocycles. The molecule has 0 unspecified atom stereocenters. The molecule has 1 rings (SSSR count). The molecule has 0 N–H and O–H groups in total. The first-order chi connectivity index (χ1) is 12.7. The second kappa shape index (κ2) is 17.3. The topological polar surface area (TPSA) is 88.6 Å². The van der Waals surface area contributed by atoms with Gasteiger partial charge in [0.15, 0.2) is 12.4 Å². The number of aryl methyl sites for hydroxylation is 1. The summed E-state index contributed by atoms with van der Waals surface area (Å²) in [5.74, 6) is -0.200. The quantitative estimate of drug-likeness (QED) is 0.192. The maximum Gasteiger partial charge on any atom is 0.344 e. The summed E-state index contributed by atoms with van der Waals surface area (Å²) in [6, 6.07) is 5.04. The zero-order valence-corrected chi connectivity index (χ0v) is 16.0. The molecule has 0 amide bonds. The molecule has 0 aliphatic rings. The van der Waals surface area contributed by atoms with Gasteiger partial charge >= 0.3 is 5.97 Å². The van der Waals surface area contributed by atoms with Crippen molar-refractivity contribution in [2.75, 3.05) is 6.61 Å². The number of aromatic nitrogens is 1. The van der Waals surface area contributed by atoms with Crippen molar-refractivity contribution in [2.24, 2.45) is 4.99 Å². The van der Waals surface area contributed by atoms with E-state index < -0.39 is 0 Å². The minimum Gasteiger partial charge on any atom is -0.462 e. The Kier molecular flexibility index (Phi) is 15.6. The molecular formula is C20H30N4O2. The van der Waals surface area contributed by atoms with E-state index in [2.05, 4.69) is 23.4 Å². The number of hydrogen-bond donors (Lipinski definition) is 0. The van der Waals surface area contributed by atoms with Crippen molar-refractivity contribution in [3.8, 4) is 6.19 Å². The molecular weight excluding hydrogens is 328 g/mol. The lowest BCUT2D eigenvalue weighted by Gasteiger charge is -2.04. The molecule has 0 atom stereocenters. The van der Waals surface area contributed by atoms with Crippen LogP contribution in [-0.2, 0) is 11.3 Å². The molecule has 6 heteroatoms. The average molecular weight is 358 g/mol. The van der Waals surface area contributed by atoms with E-state index in [0.717, 1.165) is 25.8 Å². The maximum atomic E-state index is 12.0. The van der Waals surface area contributed by atoms with E-state index in [1.807, 2.05) is 24.5 Å². The molecule has 0 aliphatic heterocycles. The second-order valence-electron chi connectivity index (χ2n) is 5.90. The number of nitriles is 1. The maximum absolute atomic E-state index is 12.0. The van der Waals surface area contributed by atoms with Crippen LogP contribution in [0.1, 0.15) is 75.6 Å². The van der Waals surface area contributed by atoms with Gasteiger partial charge in [-0.15, -0.1) is 6.01 Å². The Morgan fingerprint density at radius 1 is 1.19 bits per heavy atom. The van der Waals surface area contributed by atoms with Crippen molar-refractivity contribution in [3.05, 3.63) is 35.5 Å². The lowest BCUT2D eigenvalue weighted by atomic mass is 10.2. The van der Waals surface area contributed by atoms with Crippen LogP contribution in [0.3, 0.4) is 0 Å². The van der Waals surface area contributed by atoms with Crippen LogP contribution >= 0.6 is 0 Å². The Morgan fingerprint density at radius 2 is 1.88 bits per heavy atom. The molecule has 0 aromatic carbocycles. The highest BCUT2D eigenvalue weighted by atomic mass is 16.5. The van der Waals surface area contributed by atoms with E-state index in [1.54, 1.807) is 0 Å². The number of hydrogen-bond acceptors (Lipinski definition) is 4. The lowest BCUT2D eigenvalue weighted by Crippen LogP contribution is -2.34. The first-order valence-electron chi connectivity index (χ1n) is 9.33. The Bertz CT molecular complexity index is 590. The molecule has 142 valence electrons. The summed E-state index contributed by atoms with van der Waals surface area (Å²) in [5, 5.41) is 14.9. The summed E-state index contributed by atoms with van der Waals surface area (Å²) in [6.45, 7) is 5.89. The van der Waals surface area contributed by atoms with Gasteiger partial charge in [0.1, 0.15) is 12.1 Å². The number of nitrogens with zero attached hydrogens (tertiary/aromatic N) is 4. The van der Waals surface area contributed by atoms with E-state index in [4.69, 9.17) is 15.4 Å². The number of pyridine rings is 1. The molecule has 1 aromatic rings. The van der Waals surface area contributed by atoms with Crippen LogP contribution in [0.25, 0.3) is 5.41 Å². The number of carbonyl (C=O) groups excluding carboxylic acids is 1. The van der Waals surface area contributed by atoms with Gasteiger partial charge < -0.3 is 15.1 Å². The van der Waals surface area contributed by atoms with Crippen molar-refractivity contribution in [3.63, 3.8) is 0 Å². The van der Waals surface area contributed by atoms with Gasteiger partial charge in [-0.25, -0.2) is 9.36 Å². The van der Waals surface area contributed by atoms with Gasteiger partial charge in [0.05, 0.1) is 12.8 Å². The summed E-state index contributed by atoms with van der Waals surface area (Å²) in [5.41, 5.74) is 0.656. The first-order valence-corrected chi connectivity index (χ1v) is 9.33. The third kappa shape index (κ3) is 12.9. The summed E-state index contributed by atoms with van der Waals surface area (Å²) >= 11 is 0. The number of esters is 1. The van der Waals surface area contributed by atoms with Gasteiger partial charge in [-0.3, -0.25) is 0 Å². The van der Waals surface area contributed by atoms with Crippen LogP contribution in [0.5, 0.6) is 0 Å². The van der Waals surface area contributed by atoms with Crippen molar-refractivity contribution in [2.45, 2.75) is 71.8 Å². The number of rotatable bonds is 11. The van der Waals surface area contributed by atoms with Crippen molar-refractivity contribution < 1.29 is 14.1 Å². The normalized spacial score (nSPS) is 9.27. The van der Waals surface area contributed by atoms with Crippen molar-refractivity contribution in [1.29, 1.82) is 5.26 Å². The van der Waals surface area contributed by atoms with Gasteiger partial charge in [0.25, 0.3) is 0 Å². The highest BCUT2D eigenvalue weighted by molar-refractivity contribution is 5.88. The van der Waals surface area contributed by atoms with E-state index in [-0.39, 0.29) is 5.97 Å². The van der Waals surface area contributed by atoms with Crippen LogP contribution in [0.2, 0.25) is 0 Å². The molecule has 0 spiro atoms. The van der Waals surface area contributed by atoms with E-state index in [9.17, 15) is 4.79 Å². The van der Waals surface area contributed by atoms with Crippen LogP contribution < -0.4 is 4.57 Å². The van der Waals surface area contributed by atoms with E-state index in [1.165, 1.54) is 44.3 Å². The number of aliphatic imine (C=N–C) groups is 1. The number of ether oxygens (including phenoxy) is 1. The minimum absolute atomic E-state index is 0.200. The smallest absolute Gasteiger partial charge is 0.344 e. The molecule has 1 heterocycles. The fourth-order valence-electron chi connectivity index (χ4n) is 2.30. The molecule has 0 radical (unpaired) electrons. The number of unbranched alkanes of at least 4 members (excludes halogenated alkanes) is 6. The fraction of sp³-hybridized carbons (Fsp3) is 0.600. The molecule has 0 aliphatic carbocycles. The number of carbonyl (C=O) groups is 1. The third-order valence-electron chi connectivity index (χ3n) is 3.69. The molecule has 0 bridgehead atoms. The van der Waals surface area contributed by atoms with Crippen molar-refractivity contribution in [1.82, 2.24) is 0 Å². The molecule has 0 saturated carbocycles. The highest BCUT2D eigenvalue weighted by Gasteiger charge is 2.11. The van der Waals surface area contributed by atoms with Crippen molar-refractivity contribution >= 4 is 12.0 Å². The van der Waals surface area contributed by atoms with Crippen LogP contribution in [0, 0.1) is 11.5 Å². The predicted octanol–water partition coefficient (Wildman–Crippen LogP) is 4.50. The summed E-state index contributed by atoms with van der Waals surface area (Å²) in [6.07, 6.45) is 14.6. The summed E-state index contributed by atoms with van der Waals surface area (Å²) in [4.78, 5) is 14.6. The molecule has 0 fully saturated rings. The van der Waals surface area contributed by atoms with Gasteiger partial charge in [0, 0.05) is 12.5 Å². The van der Waals surface area contributed by atoms with Gasteiger partial charge in [-0.05, 0) is 18.9 Å². The third-order valence-corrected chi connectivity index (χ3v) is 3.69. The zero-order chi connectivity index (χ0) is 19.5.